The van der Waals surface area contributed by atoms with Crippen LogP contribution in [-0.2, 0) is 24.3 Å². The number of sulfonamides is 1. The van der Waals surface area contributed by atoms with Crippen molar-refractivity contribution >= 4 is 38.7 Å². The summed E-state index contributed by atoms with van der Waals surface area (Å²) >= 11 is 0. The zero-order chi connectivity index (χ0) is 28.3. The number of carbonyl (C=O) groups is 3. The molecule has 0 aromatic heterocycles. The van der Waals surface area contributed by atoms with Crippen LogP contribution in [0.25, 0.3) is 10.8 Å². The Kier molecular flexibility index (Phi) is 11.5. The van der Waals surface area contributed by atoms with Gasteiger partial charge in [0.2, 0.25) is 15.9 Å². The summed E-state index contributed by atoms with van der Waals surface area (Å²) < 4.78 is 33.3. The highest BCUT2D eigenvalue weighted by atomic mass is 32.2. The number of benzene rings is 2. The van der Waals surface area contributed by atoms with Crippen LogP contribution in [0, 0.1) is 5.92 Å². The summed E-state index contributed by atoms with van der Waals surface area (Å²) in [6.45, 7) is 3.74. The van der Waals surface area contributed by atoms with E-state index in [1.807, 2.05) is 31.2 Å². The Labute approximate surface area is 229 Å². The van der Waals surface area contributed by atoms with Crippen molar-refractivity contribution in [3.05, 3.63) is 42.5 Å². The average Bonchev–Trinajstić information content (AvgIpc) is 2.92. The summed E-state index contributed by atoms with van der Waals surface area (Å²) in [5, 5.41) is 6.81. The van der Waals surface area contributed by atoms with Crippen LogP contribution >= 0.6 is 0 Å². The van der Waals surface area contributed by atoms with E-state index in [0.29, 0.717) is 38.5 Å². The highest BCUT2D eigenvalue weighted by Gasteiger charge is 2.28. The molecule has 12 heteroatoms. The van der Waals surface area contributed by atoms with Gasteiger partial charge in [-0.25, -0.2) is 17.9 Å². The number of carbonyl (C=O) groups excluding carboxylic acids is 3. The molecule has 5 N–H and O–H groups in total. The number of nitrogens with two attached hydrogens (primary N) is 1. The molecule has 1 aliphatic rings. The van der Waals surface area contributed by atoms with E-state index < -0.39 is 34.2 Å². The second-order valence-electron chi connectivity index (χ2n) is 9.80. The highest BCUT2D eigenvalue weighted by Crippen LogP contribution is 2.19. The third kappa shape index (κ3) is 9.48. The van der Waals surface area contributed by atoms with Crippen molar-refractivity contribution in [3.63, 3.8) is 0 Å². The van der Waals surface area contributed by atoms with E-state index in [2.05, 4.69) is 15.4 Å². The van der Waals surface area contributed by atoms with E-state index in [1.165, 1.54) is 11.0 Å². The lowest BCUT2D eigenvalue weighted by atomic mass is 10.0. The molecule has 3 rings (SSSR count). The Morgan fingerprint density at radius 3 is 2.44 bits per heavy atom. The lowest BCUT2D eigenvalue weighted by Gasteiger charge is -2.28. The van der Waals surface area contributed by atoms with Gasteiger partial charge in [0.15, 0.2) is 0 Å². The van der Waals surface area contributed by atoms with Gasteiger partial charge < -0.3 is 26.0 Å². The zero-order valence-electron chi connectivity index (χ0n) is 22.4. The Bertz CT molecular complexity index is 1230. The molecule has 1 fully saturated rings. The van der Waals surface area contributed by atoms with Crippen molar-refractivity contribution in [2.45, 2.75) is 56.6 Å². The van der Waals surface area contributed by atoms with Crippen molar-refractivity contribution < 1.29 is 27.5 Å². The Hall–Kier alpha value is -3.22. The Morgan fingerprint density at radius 1 is 1.00 bits per heavy atom. The maximum absolute atomic E-state index is 12.8. The Morgan fingerprint density at radius 2 is 1.72 bits per heavy atom. The van der Waals surface area contributed by atoms with Crippen LogP contribution in [0.1, 0.15) is 45.4 Å². The summed E-state index contributed by atoms with van der Waals surface area (Å²) in [7, 11) is -3.86. The molecule has 2 atom stereocenters. The van der Waals surface area contributed by atoms with E-state index in [9.17, 15) is 22.8 Å². The highest BCUT2D eigenvalue weighted by molar-refractivity contribution is 7.89. The number of rotatable bonds is 13. The van der Waals surface area contributed by atoms with Crippen molar-refractivity contribution in [2.24, 2.45) is 11.7 Å². The molecule has 0 bridgehead atoms. The molecule has 214 valence electrons. The molecule has 11 nitrogen and oxygen atoms in total. The minimum absolute atomic E-state index is 0.0817. The topological polar surface area (TPSA) is 160 Å². The van der Waals surface area contributed by atoms with Gasteiger partial charge in [0.1, 0.15) is 0 Å². The first kappa shape index (κ1) is 30.3. The number of hydrogen-bond acceptors (Lipinski definition) is 7. The number of fused-ring (bicyclic) bond motifs is 1. The van der Waals surface area contributed by atoms with Crippen LogP contribution in [0.2, 0.25) is 0 Å². The number of nitrogens with one attached hydrogen (secondary N) is 3. The fourth-order valence-electron chi connectivity index (χ4n) is 4.30. The predicted octanol–water partition coefficient (Wildman–Crippen LogP) is 2.06. The summed E-state index contributed by atoms with van der Waals surface area (Å²) in [6.07, 6.45) is 1.72. The van der Waals surface area contributed by atoms with Gasteiger partial charge in [0.25, 0.3) is 12.1 Å². The number of ether oxygens (including phenoxy) is 1. The molecule has 0 spiro atoms. The summed E-state index contributed by atoms with van der Waals surface area (Å²) in [4.78, 5) is 39.7. The molecule has 0 radical (unpaired) electrons. The van der Waals surface area contributed by atoms with E-state index in [-0.39, 0.29) is 17.9 Å². The van der Waals surface area contributed by atoms with Crippen LogP contribution in [0.15, 0.2) is 47.4 Å². The SMILES string of the molecule is CC(CCN)CCNC(=O)[C@@H](NC(=O)CCNS(=O)(=O)c1ccc2ccccc2c1)OC(=O)N1CCCCC1. The molecular weight excluding hydrogens is 522 g/mol. The molecule has 2 aromatic carbocycles. The lowest BCUT2D eigenvalue weighted by Crippen LogP contribution is -2.52. The van der Waals surface area contributed by atoms with E-state index in [4.69, 9.17) is 10.5 Å². The number of amides is 3. The second kappa shape index (κ2) is 14.8. The standard InChI is InChI=1S/C27H39N5O6S/c1-20(11-14-28)12-15-29-25(34)26(38-27(35)32-17-5-2-6-18-32)31-24(33)13-16-30-39(36,37)23-10-9-21-7-3-4-8-22(21)19-23/h3-4,7-10,19-20,26,30H,2,5-6,11-18,28H2,1H3,(H,29,34)(H,31,33)/t20?,26-/m0/s1. The molecule has 3 amide bonds. The van der Waals surface area contributed by atoms with Crippen molar-refractivity contribution in [1.29, 1.82) is 0 Å². The number of hydrogen-bond donors (Lipinski definition) is 4. The van der Waals surface area contributed by atoms with Gasteiger partial charge in [0, 0.05) is 32.6 Å². The van der Waals surface area contributed by atoms with Gasteiger partial charge in [-0.05, 0) is 67.5 Å². The molecule has 1 unspecified atom stereocenters. The van der Waals surface area contributed by atoms with E-state index in [1.54, 1.807) is 12.1 Å². The van der Waals surface area contributed by atoms with Gasteiger partial charge >= 0.3 is 6.09 Å². The fraction of sp³-hybridized carbons (Fsp3) is 0.519. The molecular formula is C27H39N5O6S. The molecule has 1 aliphatic heterocycles. The molecule has 2 aromatic rings. The zero-order valence-corrected chi connectivity index (χ0v) is 23.2. The molecule has 0 aliphatic carbocycles. The van der Waals surface area contributed by atoms with Crippen LogP contribution in [0.5, 0.6) is 0 Å². The minimum Gasteiger partial charge on any atom is -0.416 e. The third-order valence-electron chi connectivity index (χ3n) is 6.63. The van der Waals surface area contributed by atoms with E-state index in [0.717, 1.165) is 36.5 Å². The van der Waals surface area contributed by atoms with Crippen molar-refractivity contribution in [3.8, 4) is 0 Å². The third-order valence-corrected chi connectivity index (χ3v) is 8.09. The van der Waals surface area contributed by atoms with Gasteiger partial charge in [0.05, 0.1) is 4.90 Å². The first-order valence-electron chi connectivity index (χ1n) is 13.4. The van der Waals surface area contributed by atoms with Gasteiger partial charge in [-0.1, -0.05) is 37.3 Å². The lowest BCUT2D eigenvalue weighted by molar-refractivity contribution is -0.137. The first-order chi connectivity index (χ1) is 18.7. The first-order valence-corrected chi connectivity index (χ1v) is 14.9. The summed E-state index contributed by atoms with van der Waals surface area (Å²) in [6, 6.07) is 12.2. The smallest absolute Gasteiger partial charge is 0.412 e. The average molecular weight is 562 g/mol. The van der Waals surface area contributed by atoms with Crippen LogP contribution < -0.4 is 21.1 Å². The normalized spacial score (nSPS) is 15.4. The second-order valence-corrected chi connectivity index (χ2v) is 11.6. The van der Waals surface area contributed by atoms with Crippen molar-refractivity contribution in [2.75, 3.05) is 32.7 Å². The van der Waals surface area contributed by atoms with Crippen LogP contribution in [-0.4, -0.2) is 70.2 Å². The van der Waals surface area contributed by atoms with E-state index >= 15 is 0 Å². The van der Waals surface area contributed by atoms with Gasteiger partial charge in [-0.3, -0.25) is 9.59 Å². The summed E-state index contributed by atoms with van der Waals surface area (Å²) in [5.41, 5.74) is 5.57. The molecule has 1 saturated heterocycles. The number of nitrogens with zero attached hydrogens (tertiary/aromatic N) is 1. The maximum Gasteiger partial charge on any atom is 0.412 e. The Balaban J connectivity index is 1.56. The largest absolute Gasteiger partial charge is 0.416 e. The molecule has 39 heavy (non-hydrogen) atoms. The minimum atomic E-state index is -3.86. The van der Waals surface area contributed by atoms with Gasteiger partial charge in [-0.2, -0.15) is 0 Å². The van der Waals surface area contributed by atoms with Gasteiger partial charge in [-0.15, -0.1) is 0 Å². The predicted molar refractivity (Wildman–Crippen MR) is 148 cm³/mol. The monoisotopic (exact) mass is 561 g/mol. The van der Waals surface area contributed by atoms with Crippen LogP contribution in [0.4, 0.5) is 4.79 Å². The summed E-state index contributed by atoms with van der Waals surface area (Å²) in [5.74, 6) is -0.987. The quantitative estimate of drug-likeness (QED) is 0.272. The number of piperidine rings is 1. The number of likely N-dealkylation sites (tertiary alicyclic amines) is 1. The maximum atomic E-state index is 12.8. The fourth-order valence-corrected chi connectivity index (χ4v) is 5.37. The molecule has 1 heterocycles. The molecule has 0 saturated carbocycles. The van der Waals surface area contributed by atoms with Crippen LogP contribution in [0.3, 0.4) is 0 Å². The van der Waals surface area contributed by atoms with Crippen molar-refractivity contribution in [1.82, 2.24) is 20.3 Å².